The molecule has 0 saturated carbocycles. The zero-order valence-electron chi connectivity index (χ0n) is 10.2. The molecule has 2 amide bonds. The number of ether oxygens (including phenoxy) is 2. The molecule has 1 aromatic rings. The van der Waals surface area contributed by atoms with Crippen molar-refractivity contribution in [2.45, 2.75) is 0 Å². The van der Waals surface area contributed by atoms with Crippen molar-refractivity contribution in [3.8, 4) is 5.75 Å². The van der Waals surface area contributed by atoms with Crippen molar-refractivity contribution in [2.75, 3.05) is 19.8 Å². The minimum atomic E-state index is -1.31. The molecule has 1 heterocycles. The fourth-order valence-corrected chi connectivity index (χ4v) is 1.63. The van der Waals surface area contributed by atoms with E-state index in [0.717, 1.165) is 23.1 Å². The van der Waals surface area contributed by atoms with Gasteiger partial charge in [0.2, 0.25) is 0 Å². The number of hydrogen-bond donors (Lipinski definition) is 1. The number of aromatic carboxylic acids is 1. The Labute approximate surface area is 112 Å². The van der Waals surface area contributed by atoms with E-state index in [4.69, 9.17) is 9.84 Å². The number of rotatable bonds is 4. The first-order valence-electron chi connectivity index (χ1n) is 5.62. The van der Waals surface area contributed by atoms with Gasteiger partial charge in [-0.1, -0.05) is 0 Å². The highest BCUT2D eigenvalue weighted by Crippen LogP contribution is 2.20. The van der Waals surface area contributed by atoms with Crippen LogP contribution in [0, 0.1) is 5.82 Å². The number of hydrogen-bond acceptors (Lipinski definition) is 5. The van der Waals surface area contributed by atoms with Gasteiger partial charge in [0.25, 0.3) is 5.91 Å². The van der Waals surface area contributed by atoms with E-state index in [0.29, 0.717) is 0 Å². The summed E-state index contributed by atoms with van der Waals surface area (Å²) in [5, 5.41) is 8.90. The largest absolute Gasteiger partial charge is 0.483 e. The summed E-state index contributed by atoms with van der Waals surface area (Å²) >= 11 is 0. The van der Waals surface area contributed by atoms with Gasteiger partial charge in [0, 0.05) is 6.07 Å². The van der Waals surface area contributed by atoms with Crippen LogP contribution in [0.5, 0.6) is 5.75 Å². The Morgan fingerprint density at radius 3 is 2.80 bits per heavy atom. The van der Waals surface area contributed by atoms with Crippen molar-refractivity contribution in [3.05, 3.63) is 29.6 Å². The molecule has 0 bridgehead atoms. The predicted molar refractivity (Wildman–Crippen MR) is 61.9 cm³/mol. The summed E-state index contributed by atoms with van der Waals surface area (Å²) in [6, 6.07) is 2.86. The lowest BCUT2D eigenvalue weighted by molar-refractivity contribution is -0.129. The van der Waals surface area contributed by atoms with Gasteiger partial charge in [-0.25, -0.2) is 18.9 Å². The second-order valence-electron chi connectivity index (χ2n) is 3.89. The molecular formula is C12H10FNO6. The van der Waals surface area contributed by atoms with Gasteiger partial charge < -0.3 is 14.6 Å². The molecular weight excluding hydrogens is 273 g/mol. The van der Waals surface area contributed by atoms with Crippen LogP contribution in [0.1, 0.15) is 10.4 Å². The first-order chi connectivity index (χ1) is 9.49. The second-order valence-corrected chi connectivity index (χ2v) is 3.89. The molecule has 0 aliphatic carbocycles. The van der Waals surface area contributed by atoms with Crippen molar-refractivity contribution in [1.82, 2.24) is 4.90 Å². The summed E-state index contributed by atoms with van der Waals surface area (Å²) in [5.41, 5.74) is -0.275. The molecule has 1 aliphatic rings. The molecule has 20 heavy (non-hydrogen) atoms. The van der Waals surface area contributed by atoms with E-state index in [-0.39, 0.29) is 24.5 Å². The molecule has 2 rings (SSSR count). The van der Waals surface area contributed by atoms with Gasteiger partial charge in [0.15, 0.2) is 6.61 Å². The maximum atomic E-state index is 13.1. The van der Waals surface area contributed by atoms with E-state index >= 15 is 0 Å². The summed E-state index contributed by atoms with van der Waals surface area (Å²) in [6.07, 6.45) is -0.781. The van der Waals surface area contributed by atoms with Crippen molar-refractivity contribution < 1.29 is 33.4 Å². The fourth-order valence-electron chi connectivity index (χ4n) is 1.63. The van der Waals surface area contributed by atoms with Gasteiger partial charge in [-0.15, -0.1) is 0 Å². The minimum absolute atomic E-state index is 0.102. The monoisotopic (exact) mass is 283 g/mol. The van der Waals surface area contributed by atoms with Gasteiger partial charge in [-0.2, -0.15) is 0 Å². The van der Waals surface area contributed by atoms with Gasteiger partial charge in [0.1, 0.15) is 23.7 Å². The molecule has 0 spiro atoms. The summed E-state index contributed by atoms with van der Waals surface area (Å²) in [4.78, 5) is 34.5. The molecule has 1 N–H and O–H groups in total. The van der Waals surface area contributed by atoms with Crippen molar-refractivity contribution in [3.63, 3.8) is 0 Å². The molecule has 0 unspecified atom stereocenters. The molecule has 0 aromatic heterocycles. The molecule has 1 fully saturated rings. The van der Waals surface area contributed by atoms with Crippen molar-refractivity contribution in [1.29, 1.82) is 0 Å². The van der Waals surface area contributed by atoms with Gasteiger partial charge in [-0.05, 0) is 12.1 Å². The molecule has 1 aromatic carbocycles. The Balaban J connectivity index is 2.07. The Morgan fingerprint density at radius 2 is 2.20 bits per heavy atom. The number of amides is 2. The summed E-state index contributed by atoms with van der Waals surface area (Å²) in [6.45, 7) is -0.375. The highest BCUT2D eigenvalue weighted by Gasteiger charge is 2.28. The quantitative estimate of drug-likeness (QED) is 0.881. The highest BCUT2D eigenvalue weighted by atomic mass is 19.1. The third kappa shape index (κ3) is 2.85. The van der Waals surface area contributed by atoms with E-state index in [9.17, 15) is 18.8 Å². The minimum Gasteiger partial charge on any atom is -0.483 e. The number of nitrogens with zero attached hydrogens (tertiary/aromatic N) is 1. The lowest BCUT2D eigenvalue weighted by Crippen LogP contribution is -2.35. The van der Waals surface area contributed by atoms with Crippen LogP contribution in [-0.2, 0) is 9.53 Å². The molecule has 0 atom stereocenters. The van der Waals surface area contributed by atoms with Crippen LogP contribution >= 0.6 is 0 Å². The van der Waals surface area contributed by atoms with E-state index in [1.807, 2.05) is 0 Å². The average molecular weight is 283 g/mol. The Bertz CT molecular complexity index is 573. The number of carbonyl (C=O) groups is 3. The average Bonchev–Trinajstić information content (AvgIpc) is 2.82. The van der Waals surface area contributed by atoms with Gasteiger partial charge in [-0.3, -0.25) is 4.79 Å². The molecule has 8 heteroatoms. The Morgan fingerprint density at radius 1 is 1.45 bits per heavy atom. The number of cyclic esters (lactones) is 1. The van der Waals surface area contributed by atoms with E-state index in [1.165, 1.54) is 0 Å². The summed E-state index contributed by atoms with van der Waals surface area (Å²) in [5.74, 6) is -2.97. The van der Waals surface area contributed by atoms with Crippen LogP contribution < -0.4 is 4.74 Å². The normalized spacial score (nSPS) is 14.1. The van der Waals surface area contributed by atoms with Crippen LogP contribution in [0.2, 0.25) is 0 Å². The Kier molecular flexibility index (Phi) is 3.83. The number of benzene rings is 1. The standard InChI is InChI=1S/C12H10FNO6/c13-7-1-2-8(11(16)17)9(5-7)20-6-10(15)14-3-4-19-12(14)18/h1-2,5H,3-4,6H2,(H,16,17). The van der Waals surface area contributed by atoms with Crippen molar-refractivity contribution in [2.24, 2.45) is 0 Å². The molecule has 1 aliphatic heterocycles. The lowest BCUT2D eigenvalue weighted by Gasteiger charge is -2.12. The second kappa shape index (κ2) is 5.55. The summed E-state index contributed by atoms with van der Waals surface area (Å²) < 4.78 is 22.6. The van der Waals surface area contributed by atoms with E-state index in [2.05, 4.69) is 4.74 Å². The van der Waals surface area contributed by atoms with Crippen LogP contribution in [0.3, 0.4) is 0 Å². The lowest BCUT2D eigenvalue weighted by atomic mass is 10.2. The number of imide groups is 1. The predicted octanol–water partition coefficient (Wildman–Crippen LogP) is 0.881. The smallest absolute Gasteiger partial charge is 0.416 e. The molecule has 0 radical (unpaired) electrons. The number of carboxylic acid groups (broad SMARTS) is 1. The van der Waals surface area contributed by atoms with Crippen LogP contribution in [0.15, 0.2) is 18.2 Å². The number of halogens is 1. The van der Waals surface area contributed by atoms with Crippen LogP contribution in [0.4, 0.5) is 9.18 Å². The zero-order chi connectivity index (χ0) is 14.7. The number of carboxylic acids is 1. The molecule has 1 saturated heterocycles. The highest BCUT2D eigenvalue weighted by molar-refractivity contribution is 5.94. The first-order valence-corrected chi connectivity index (χ1v) is 5.62. The Hall–Kier alpha value is -2.64. The van der Waals surface area contributed by atoms with Crippen LogP contribution in [-0.4, -0.2) is 47.7 Å². The van der Waals surface area contributed by atoms with Gasteiger partial charge in [0.05, 0.1) is 6.54 Å². The van der Waals surface area contributed by atoms with Crippen LogP contribution in [0.25, 0.3) is 0 Å². The van der Waals surface area contributed by atoms with E-state index < -0.39 is 30.4 Å². The fraction of sp³-hybridized carbons (Fsp3) is 0.250. The van der Waals surface area contributed by atoms with Gasteiger partial charge >= 0.3 is 12.1 Å². The third-order valence-electron chi connectivity index (χ3n) is 2.59. The third-order valence-corrected chi connectivity index (χ3v) is 2.59. The maximum Gasteiger partial charge on any atom is 0.416 e. The molecule has 106 valence electrons. The SMILES string of the molecule is O=C(O)c1ccc(F)cc1OCC(=O)N1CCOC1=O. The first kappa shape index (κ1) is 13.8. The molecule has 7 nitrogen and oxygen atoms in total. The zero-order valence-corrected chi connectivity index (χ0v) is 10.2. The topological polar surface area (TPSA) is 93.1 Å². The maximum absolute atomic E-state index is 13.1. The number of carbonyl (C=O) groups excluding carboxylic acids is 2. The summed E-state index contributed by atoms with van der Waals surface area (Å²) in [7, 11) is 0. The van der Waals surface area contributed by atoms with Crippen molar-refractivity contribution >= 4 is 18.0 Å². The van der Waals surface area contributed by atoms with E-state index in [1.54, 1.807) is 0 Å².